The zero-order valence-electron chi connectivity index (χ0n) is 16.8. The smallest absolute Gasteiger partial charge is 0.255 e. The summed E-state index contributed by atoms with van der Waals surface area (Å²) in [6, 6.07) is 20.9. The van der Waals surface area contributed by atoms with E-state index in [2.05, 4.69) is 5.32 Å². The molecule has 0 spiro atoms. The molecular weight excluding hydrogens is 398 g/mol. The molecule has 1 saturated heterocycles. The number of para-hydroxylation sites is 2. The van der Waals surface area contributed by atoms with Gasteiger partial charge in [-0.2, -0.15) is 0 Å². The van der Waals surface area contributed by atoms with Crippen LogP contribution in [-0.2, 0) is 9.59 Å². The summed E-state index contributed by atoms with van der Waals surface area (Å²) in [5.74, 6) is -2.22. The lowest BCUT2D eigenvalue weighted by Crippen LogP contribution is -2.70. The van der Waals surface area contributed by atoms with Crippen molar-refractivity contribution in [2.24, 2.45) is 0 Å². The van der Waals surface area contributed by atoms with Crippen LogP contribution in [0.25, 0.3) is 6.08 Å². The second-order valence-electron chi connectivity index (χ2n) is 7.39. The number of β-lactam (4-membered cyclic amide) rings is 1. The van der Waals surface area contributed by atoms with E-state index in [0.29, 0.717) is 5.57 Å². The van der Waals surface area contributed by atoms with Crippen molar-refractivity contribution in [1.82, 2.24) is 0 Å². The quantitative estimate of drug-likeness (QED) is 0.581. The number of carbonyl (C=O) groups is 2. The van der Waals surface area contributed by atoms with Crippen molar-refractivity contribution in [3.63, 3.8) is 0 Å². The average molecular weight is 418 g/mol. The monoisotopic (exact) mass is 418 g/mol. The van der Waals surface area contributed by atoms with Crippen LogP contribution in [0.4, 0.5) is 20.2 Å². The zero-order chi connectivity index (χ0) is 22.0. The van der Waals surface area contributed by atoms with Crippen LogP contribution in [0, 0.1) is 11.6 Å². The van der Waals surface area contributed by atoms with Gasteiger partial charge in [0.15, 0.2) is 5.54 Å². The normalized spacial score (nSPS) is 18.5. The molecule has 156 valence electrons. The lowest BCUT2D eigenvalue weighted by molar-refractivity contribution is -0.135. The predicted molar refractivity (Wildman–Crippen MR) is 116 cm³/mol. The Bertz CT molecular complexity index is 1180. The molecule has 1 fully saturated rings. The maximum absolute atomic E-state index is 14.6. The SMILES string of the molecule is CC(=Cc1ccccc1)C1(C(=O)Nc2ccccc2F)CC(=O)N1c1ccccc1F. The Hall–Kier alpha value is -3.80. The van der Waals surface area contributed by atoms with Crippen LogP contribution in [0.5, 0.6) is 0 Å². The van der Waals surface area contributed by atoms with Crippen molar-refractivity contribution in [3.05, 3.63) is 102 Å². The Balaban J connectivity index is 1.82. The highest BCUT2D eigenvalue weighted by atomic mass is 19.1. The van der Waals surface area contributed by atoms with Gasteiger partial charge in [-0.15, -0.1) is 0 Å². The molecule has 4 rings (SSSR count). The van der Waals surface area contributed by atoms with Gasteiger partial charge in [0.05, 0.1) is 17.8 Å². The van der Waals surface area contributed by atoms with E-state index in [1.807, 2.05) is 30.3 Å². The van der Waals surface area contributed by atoms with Gasteiger partial charge >= 0.3 is 0 Å². The maximum Gasteiger partial charge on any atom is 0.255 e. The molecule has 3 aromatic carbocycles. The van der Waals surface area contributed by atoms with Crippen LogP contribution >= 0.6 is 0 Å². The Morgan fingerprint density at radius 2 is 1.55 bits per heavy atom. The molecule has 6 heteroatoms. The molecule has 1 heterocycles. The number of anilines is 2. The fourth-order valence-electron chi connectivity index (χ4n) is 3.86. The second-order valence-corrected chi connectivity index (χ2v) is 7.39. The highest BCUT2D eigenvalue weighted by Gasteiger charge is 2.59. The van der Waals surface area contributed by atoms with E-state index < -0.39 is 29.0 Å². The molecule has 1 N–H and O–H groups in total. The van der Waals surface area contributed by atoms with Crippen LogP contribution in [0.2, 0.25) is 0 Å². The van der Waals surface area contributed by atoms with Crippen molar-refractivity contribution < 1.29 is 18.4 Å². The van der Waals surface area contributed by atoms with Gasteiger partial charge in [0.2, 0.25) is 5.91 Å². The minimum atomic E-state index is -1.49. The standard InChI is InChI=1S/C25H20F2N2O2/c1-17(15-18-9-3-2-4-10-18)25(24(31)28-21-13-7-5-11-19(21)26)16-23(30)29(25)22-14-8-6-12-20(22)27/h2-15H,16H2,1H3,(H,28,31). The fraction of sp³-hybridized carbons (Fsp3) is 0.120. The molecule has 1 aliphatic rings. The number of amides is 2. The molecular formula is C25H20F2N2O2. The molecule has 1 atom stereocenters. The first-order chi connectivity index (χ1) is 14.9. The number of carbonyl (C=O) groups excluding carboxylic acids is 2. The highest BCUT2D eigenvalue weighted by molar-refractivity contribution is 6.19. The van der Waals surface area contributed by atoms with Crippen LogP contribution in [0.15, 0.2) is 84.4 Å². The first kappa shape index (κ1) is 20.5. The second kappa shape index (κ2) is 8.14. The summed E-state index contributed by atoms with van der Waals surface area (Å²) >= 11 is 0. The maximum atomic E-state index is 14.6. The molecule has 31 heavy (non-hydrogen) atoms. The van der Waals surface area contributed by atoms with E-state index in [-0.39, 0.29) is 17.8 Å². The summed E-state index contributed by atoms with van der Waals surface area (Å²) in [5, 5.41) is 2.59. The largest absolute Gasteiger partial charge is 0.321 e. The number of nitrogens with one attached hydrogen (secondary N) is 1. The van der Waals surface area contributed by atoms with E-state index in [1.165, 1.54) is 36.4 Å². The van der Waals surface area contributed by atoms with Crippen LogP contribution in [0.1, 0.15) is 18.9 Å². The molecule has 0 aliphatic carbocycles. The summed E-state index contributed by atoms with van der Waals surface area (Å²) in [6.45, 7) is 1.72. The Morgan fingerprint density at radius 3 is 2.19 bits per heavy atom. The number of rotatable bonds is 5. The molecule has 1 aliphatic heterocycles. The number of nitrogens with zero attached hydrogens (tertiary/aromatic N) is 1. The van der Waals surface area contributed by atoms with Gasteiger partial charge in [-0.3, -0.25) is 14.5 Å². The third kappa shape index (κ3) is 3.61. The molecule has 3 aromatic rings. The van der Waals surface area contributed by atoms with E-state index in [4.69, 9.17) is 0 Å². The van der Waals surface area contributed by atoms with E-state index in [1.54, 1.807) is 25.1 Å². The number of halogens is 2. The van der Waals surface area contributed by atoms with Crippen molar-refractivity contribution in [2.45, 2.75) is 18.9 Å². The van der Waals surface area contributed by atoms with Crippen LogP contribution in [-0.4, -0.2) is 17.4 Å². The lowest BCUT2D eigenvalue weighted by Gasteiger charge is -2.51. The molecule has 4 nitrogen and oxygen atoms in total. The number of benzene rings is 3. The third-order valence-electron chi connectivity index (χ3n) is 5.46. The number of hydrogen-bond donors (Lipinski definition) is 1. The first-order valence-corrected chi connectivity index (χ1v) is 9.81. The van der Waals surface area contributed by atoms with Gasteiger partial charge in [-0.05, 0) is 42.3 Å². The number of hydrogen-bond acceptors (Lipinski definition) is 2. The van der Waals surface area contributed by atoms with E-state index in [9.17, 15) is 18.4 Å². The predicted octanol–water partition coefficient (Wildman–Crippen LogP) is 5.18. The minimum Gasteiger partial charge on any atom is -0.321 e. The van der Waals surface area contributed by atoms with Gasteiger partial charge in [-0.1, -0.05) is 60.7 Å². The molecule has 2 amide bonds. The van der Waals surface area contributed by atoms with Gasteiger partial charge in [0.1, 0.15) is 11.6 Å². The third-order valence-corrected chi connectivity index (χ3v) is 5.46. The van der Waals surface area contributed by atoms with E-state index in [0.717, 1.165) is 10.5 Å². The van der Waals surface area contributed by atoms with Crippen LogP contribution in [0.3, 0.4) is 0 Å². The topological polar surface area (TPSA) is 49.4 Å². The van der Waals surface area contributed by atoms with Crippen LogP contribution < -0.4 is 10.2 Å². The molecule has 0 bridgehead atoms. The average Bonchev–Trinajstić information content (AvgIpc) is 2.75. The fourth-order valence-corrected chi connectivity index (χ4v) is 3.86. The summed E-state index contributed by atoms with van der Waals surface area (Å²) in [4.78, 5) is 27.3. The van der Waals surface area contributed by atoms with Gasteiger partial charge in [0, 0.05) is 0 Å². The molecule has 0 saturated carbocycles. The highest BCUT2D eigenvalue weighted by Crippen LogP contribution is 2.44. The minimum absolute atomic E-state index is 0.00300. The molecule has 0 radical (unpaired) electrons. The Kier molecular flexibility index (Phi) is 5.38. The van der Waals surface area contributed by atoms with Crippen molar-refractivity contribution in [2.75, 3.05) is 10.2 Å². The Labute approximate surface area is 178 Å². The van der Waals surface area contributed by atoms with E-state index >= 15 is 0 Å². The summed E-state index contributed by atoms with van der Waals surface area (Å²) in [5.41, 5.74) is -0.131. The summed E-state index contributed by atoms with van der Waals surface area (Å²) in [6.07, 6.45) is 1.62. The summed E-state index contributed by atoms with van der Waals surface area (Å²) < 4.78 is 28.8. The zero-order valence-corrected chi connectivity index (χ0v) is 16.8. The van der Waals surface area contributed by atoms with Gasteiger partial charge in [-0.25, -0.2) is 8.78 Å². The summed E-state index contributed by atoms with van der Waals surface area (Å²) in [7, 11) is 0. The first-order valence-electron chi connectivity index (χ1n) is 9.81. The van der Waals surface area contributed by atoms with Crippen molar-refractivity contribution >= 4 is 29.3 Å². The van der Waals surface area contributed by atoms with Gasteiger partial charge in [0.25, 0.3) is 5.91 Å². The molecule has 1 unspecified atom stereocenters. The lowest BCUT2D eigenvalue weighted by atomic mass is 9.75. The van der Waals surface area contributed by atoms with Crippen molar-refractivity contribution in [1.29, 1.82) is 0 Å². The molecule has 0 aromatic heterocycles. The van der Waals surface area contributed by atoms with Crippen molar-refractivity contribution in [3.8, 4) is 0 Å². The Morgan fingerprint density at radius 1 is 0.935 bits per heavy atom. The van der Waals surface area contributed by atoms with Gasteiger partial charge < -0.3 is 5.32 Å².